The van der Waals surface area contributed by atoms with Crippen molar-refractivity contribution in [2.24, 2.45) is 0 Å². The number of carbonyl (C=O) groups excluding carboxylic acids is 1. The standard InChI is InChI=1S/C20H20Br2FN3O3/c1-24(16-8-13(21)7-14(22)9-16)19(27)25(2)18-11-26(20(28)29)10-17(18)12-3-5-15(23)6-4-12/h3-9,17-18H,10-11H2,1-2H3,(H,28,29)/t17-,18+/m0/s1. The zero-order valence-corrected chi connectivity index (χ0v) is 19.0. The van der Waals surface area contributed by atoms with Gasteiger partial charge in [0.05, 0.1) is 6.04 Å². The van der Waals surface area contributed by atoms with E-state index in [0.717, 1.165) is 14.5 Å². The lowest BCUT2D eigenvalue weighted by molar-refractivity contribution is 0.150. The van der Waals surface area contributed by atoms with Gasteiger partial charge in [-0.3, -0.25) is 4.90 Å². The highest BCUT2D eigenvalue weighted by Gasteiger charge is 2.40. The summed E-state index contributed by atoms with van der Waals surface area (Å²) >= 11 is 6.84. The Balaban J connectivity index is 1.87. The van der Waals surface area contributed by atoms with Crippen LogP contribution in [0.25, 0.3) is 0 Å². The minimum Gasteiger partial charge on any atom is -0.465 e. The number of anilines is 1. The highest BCUT2D eigenvalue weighted by atomic mass is 79.9. The lowest BCUT2D eigenvalue weighted by Crippen LogP contribution is -2.47. The van der Waals surface area contributed by atoms with Crippen molar-refractivity contribution in [1.82, 2.24) is 9.80 Å². The number of likely N-dealkylation sites (tertiary alicyclic amines) is 1. The van der Waals surface area contributed by atoms with Crippen LogP contribution in [0.3, 0.4) is 0 Å². The van der Waals surface area contributed by atoms with Crippen LogP contribution >= 0.6 is 31.9 Å². The first-order valence-corrected chi connectivity index (χ1v) is 10.5. The predicted octanol–water partition coefficient (Wildman–Crippen LogP) is 4.98. The van der Waals surface area contributed by atoms with Gasteiger partial charge in [0.2, 0.25) is 0 Å². The summed E-state index contributed by atoms with van der Waals surface area (Å²) in [6.07, 6.45) is -1.04. The molecule has 2 aromatic rings. The van der Waals surface area contributed by atoms with E-state index < -0.39 is 6.09 Å². The number of halogens is 3. The van der Waals surface area contributed by atoms with E-state index in [1.54, 1.807) is 31.1 Å². The summed E-state index contributed by atoms with van der Waals surface area (Å²) in [4.78, 5) is 29.1. The summed E-state index contributed by atoms with van der Waals surface area (Å²) in [5, 5.41) is 9.45. The van der Waals surface area contributed by atoms with Crippen LogP contribution in [0, 0.1) is 5.82 Å². The van der Waals surface area contributed by atoms with Crippen LogP contribution in [0.5, 0.6) is 0 Å². The molecule has 1 aliphatic heterocycles. The Morgan fingerprint density at radius 1 is 1.07 bits per heavy atom. The van der Waals surface area contributed by atoms with Gasteiger partial charge in [-0.25, -0.2) is 14.0 Å². The van der Waals surface area contributed by atoms with Gasteiger partial charge in [-0.1, -0.05) is 44.0 Å². The van der Waals surface area contributed by atoms with Crippen molar-refractivity contribution in [3.05, 3.63) is 62.8 Å². The van der Waals surface area contributed by atoms with Crippen molar-refractivity contribution in [3.63, 3.8) is 0 Å². The van der Waals surface area contributed by atoms with Crippen molar-refractivity contribution in [3.8, 4) is 0 Å². The maximum Gasteiger partial charge on any atom is 0.407 e. The molecule has 0 aromatic heterocycles. The molecular weight excluding hydrogens is 509 g/mol. The number of benzene rings is 2. The average Bonchev–Trinajstić information content (AvgIpc) is 3.11. The molecule has 1 heterocycles. The third kappa shape index (κ3) is 4.72. The summed E-state index contributed by atoms with van der Waals surface area (Å²) in [6.45, 7) is 0.436. The summed E-state index contributed by atoms with van der Waals surface area (Å²) in [6, 6.07) is 10.9. The van der Waals surface area contributed by atoms with Crippen LogP contribution in [-0.2, 0) is 0 Å². The summed E-state index contributed by atoms with van der Waals surface area (Å²) < 4.78 is 15.0. The predicted molar refractivity (Wildman–Crippen MR) is 116 cm³/mol. The van der Waals surface area contributed by atoms with Crippen molar-refractivity contribution in [2.45, 2.75) is 12.0 Å². The molecule has 1 fully saturated rings. The lowest BCUT2D eigenvalue weighted by Gasteiger charge is -2.32. The zero-order valence-electron chi connectivity index (χ0n) is 15.8. The van der Waals surface area contributed by atoms with E-state index in [0.29, 0.717) is 5.69 Å². The molecule has 2 atom stereocenters. The maximum atomic E-state index is 13.3. The molecule has 2 aromatic carbocycles. The van der Waals surface area contributed by atoms with Crippen LogP contribution in [0.4, 0.5) is 19.7 Å². The van der Waals surface area contributed by atoms with Crippen molar-refractivity contribution in [2.75, 3.05) is 32.1 Å². The summed E-state index contributed by atoms with van der Waals surface area (Å²) in [5.41, 5.74) is 1.49. The van der Waals surface area contributed by atoms with Crippen molar-refractivity contribution < 1.29 is 19.1 Å². The molecule has 3 amide bonds. The largest absolute Gasteiger partial charge is 0.465 e. The quantitative estimate of drug-likeness (QED) is 0.610. The number of nitrogens with zero attached hydrogens (tertiary/aromatic N) is 3. The highest BCUT2D eigenvalue weighted by Crippen LogP contribution is 2.32. The molecule has 0 saturated carbocycles. The Labute approximate surface area is 185 Å². The second-order valence-electron chi connectivity index (χ2n) is 6.99. The molecule has 3 rings (SSSR count). The number of hydrogen-bond acceptors (Lipinski definition) is 2. The van der Waals surface area contributed by atoms with E-state index in [-0.39, 0.29) is 36.9 Å². The first-order valence-electron chi connectivity index (χ1n) is 8.87. The molecule has 29 heavy (non-hydrogen) atoms. The number of urea groups is 1. The Kier molecular flexibility index (Phi) is 6.48. The first-order chi connectivity index (χ1) is 13.7. The highest BCUT2D eigenvalue weighted by molar-refractivity contribution is 9.11. The van der Waals surface area contributed by atoms with Crippen LogP contribution in [0.15, 0.2) is 51.4 Å². The average molecular weight is 529 g/mol. The van der Waals surface area contributed by atoms with Gasteiger partial charge in [-0.15, -0.1) is 0 Å². The molecular formula is C20H20Br2FN3O3. The number of hydrogen-bond donors (Lipinski definition) is 1. The molecule has 0 bridgehead atoms. The van der Waals surface area contributed by atoms with E-state index in [1.807, 2.05) is 18.2 Å². The molecule has 0 spiro atoms. The van der Waals surface area contributed by atoms with Gasteiger partial charge in [0.1, 0.15) is 5.82 Å². The topological polar surface area (TPSA) is 64.1 Å². The minimum atomic E-state index is -1.04. The van der Waals surface area contributed by atoms with E-state index in [9.17, 15) is 19.1 Å². The number of rotatable bonds is 3. The third-order valence-corrected chi connectivity index (χ3v) is 6.09. The zero-order chi connectivity index (χ0) is 21.3. The van der Waals surface area contributed by atoms with E-state index >= 15 is 0 Å². The third-order valence-electron chi connectivity index (χ3n) is 5.18. The number of carbonyl (C=O) groups is 2. The molecule has 1 N–H and O–H groups in total. The van der Waals surface area contributed by atoms with Gasteiger partial charge >= 0.3 is 12.1 Å². The smallest absolute Gasteiger partial charge is 0.407 e. The lowest BCUT2D eigenvalue weighted by atomic mass is 9.93. The van der Waals surface area contributed by atoms with E-state index in [4.69, 9.17) is 0 Å². The number of carboxylic acid groups (broad SMARTS) is 1. The molecule has 1 aliphatic rings. The molecule has 0 unspecified atom stereocenters. The fraction of sp³-hybridized carbons (Fsp3) is 0.300. The van der Waals surface area contributed by atoms with Gasteiger partial charge in [-0.2, -0.15) is 0 Å². The van der Waals surface area contributed by atoms with Crippen molar-refractivity contribution >= 4 is 49.7 Å². The second kappa shape index (κ2) is 8.71. The summed E-state index contributed by atoms with van der Waals surface area (Å²) in [5.74, 6) is -0.605. The van der Waals surface area contributed by atoms with Gasteiger partial charge in [0, 0.05) is 47.7 Å². The first kappa shape index (κ1) is 21.6. The second-order valence-corrected chi connectivity index (χ2v) is 8.82. The van der Waals surface area contributed by atoms with Gasteiger partial charge < -0.3 is 14.9 Å². The van der Waals surface area contributed by atoms with Crippen molar-refractivity contribution in [1.29, 1.82) is 0 Å². The molecule has 9 heteroatoms. The normalized spacial score (nSPS) is 18.6. The molecule has 154 valence electrons. The van der Waals surface area contributed by atoms with Gasteiger partial charge in [0.25, 0.3) is 0 Å². The van der Waals surface area contributed by atoms with Crippen LogP contribution in [0.2, 0.25) is 0 Å². The Morgan fingerprint density at radius 3 is 2.21 bits per heavy atom. The van der Waals surface area contributed by atoms with Crippen LogP contribution < -0.4 is 4.90 Å². The molecule has 0 radical (unpaired) electrons. The Bertz CT molecular complexity index is 905. The van der Waals surface area contributed by atoms with Crippen LogP contribution in [-0.4, -0.2) is 60.3 Å². The van der Waals surface area contributed by atoms with E-state index in [2.05, 4.69) is 31.9 Å². The molecule has 1 saturated heterocycles. The minimum absolute atomic E-state index is 0.190. The molecule has 0 aliphatic carbocycles. The Morgan fingerprint density at radius 2 is 1.66 bits per heavy atom. The number of amides is 3. The monoisotopic (exact) mass is 527 g/mol. The maximum absolute atomic E-state index is 13.3. The number of likely N-dealkylation sites (N-methyl/N-ethyl adjacent to an activating group) is 1. The summed E-state index contributed by atoms with van der Waals surface area (Å²) in [7, 11) is 3.34. The fourth-order valence-electron chi connectivity index (χ4n) is 3.59. The van der Waals surface area contributed by atoms with Crippen LogP contribution in [0.1, 0.15) is 11.5 Å². The van der Waals surface area contributed by atoms with E-state index in [1.165, 1.54) is 21.9 Å². The van der Waals surface area contributed by atoms with Gasteiger partial charge in [0.15, 0.2) is 0 Å². The SMILES string of the molecule is CN(C(=O)N(C)[C@@H]1CN(C(=O)O)C[C@H]1c1ccc(F)cc1)c1cc(Br)cc(Br)c1. The fourth-order valence-corrected chi connectivity index (χ4v) is 4.86. The Hall–Kier alpha value is -2.13. The van der Waals surface area contributed by atoms with Gasteiger partial charge in [-0.05, 0) is 35.9 Å². The molecule has 6 nitrogen and oxygen atoms in total.